The van der Waals surface area contributed by atoms with Crippen molar-refractivity contribution in [2.75, 3.05) is 0 Å². The standard InChI is InChI=1S/C34H20N4OS/c1-3-9-21(10-4-1)31-36-32(23-16-18-28-27(19-23)35-34(39-28)22-11-5-2-6-12-22)38-33(37-31)24-15-17-26-25-13-7-8-14-29(25)40-30(26)20-24/h1-20H. The Kier molecular flexibility index (Phi) is 5.24. The molecule has 0 bridgehead atoms. The van der Waals surface area contributed by atoms with E-state index in [2.05, 4.69) is 42.5 Å². The van der Waals surface area contributed by atoms with Crippen LogP contribution in [0, 0.1) is 0 Å². The maximum atomic E-state index is 6.03. The molecule has 0 saturated heterocycles. The minimum atomic E-state index is 0.589. The molecule has 3 aromatic heterocycles. The molecule has 0 saturated carbocycles. The number of fused-ring (bicyclic) bond motifs is 4. The van der Waals surface area contributed by atoms with Gasteiger partial charge < -0.3 is 4.42 Å². The minimum Gasteiger partial charge on any atom is -0.436 e. The van der Waals surface area contributed by atoms with Crippen molar-refractivity contribution in [1.82, 2.24) is 19.9 Å². The van der Waals surface area contributed by atoms with E-state index in [0.717, 1.165) is 33.4 Å². The van der Waals surface area contributed by atoms with Crippen LogP contribution in [0.5, 0.6) is 0 Å². The lowest BCUT2D eigenvalue weighted by molar-refractivity contribution is 0.620. The molecule has 0 fully saturated rings. The van der Waals surface area contributed by atoms with Gasteiger partial charge in [0.05, 0.1) is 0 Å². The van der Waals surface area contributed by atoms with Crippen molar-refractivity contribution in [2.45, 2.75) is 0 Å². The molecule has 6 heteroatoms. The van der Waals surface area contributed by atoms with E-state index in [1.807, 2.05) is 78.9 Å². The number of rotatable bonds is 4. The van der Waals surface area contributed by atoms with Gasteiger partial charge in [-0.05, 0) is 42.5 Å². The molecule has 0 aliphatic carbocycles. The molecule has 5 aromatic carbocycles. The van der Waals surface area contributed by atoms with Crippen LogP contribution in [-0.4, -0.2) is 19.9 Å². The number of aromatic nitrogens is 4. The van der Waals surface area contributed by atoms with Crippen molar-refractivity contribution in [3.8, 4) is 45.6 Å². The van der Waals surface area contributed by atoms with Gasteiger partial charge in [-0.15, -0.1) is 11.3 Å². The van der Waals surface area contributed by atoms with Crippen molar-refractivity contribution >= 4 is 42.6 Å². The van der Waals surface area contributed by atoms with E-state index in [1.54, 1.807) is 11.3 Å². The fourth-order valence-corrected chi connectivity index (χ4v) is 6.13. The summed E-state index contributed by atoms with van der Waals surface area (Å²) < 4.78 is 8.51. The molecule has 0 aliphatic heterocycles. The van der Waals surface area contributed by atoms with E-state index in [1.165, 1.54) is 20.2 Å². The monoisotopic (exact) mass is 532 g/mol. The number of nitrogens with zero attached hydrogens (tertiary/aromatic N) is 4. The van der Waals surface area contributed by atoms with E-state index in [9.17, 15) is 0 Å². The topological polar surface area (TPSA) is 64.7 Å². The fourth-order valence-electron chi connectivity index (χ4n) is 4.99. The number of hydrogen-bond donors (Lipinski definition) is 0. The first-order valence-corrected chi connectivity index (χ1v) is 13.8. The van der Waals surface area contributed by atoms with E-state index in [-0.39, 0.29) is 0 Å². The van der Waals surface area contributed by atoms with Crippen LogP contribution >= 0.6 is 11.3 Å². The molecular weight excluding hydrogens is 512 g/mol. The number of benzene rings is 5. The normalized spacial score (nSPS) is 11.5. The van der Waals surface area contributed by atoms with Crippen LogP contribution in [-0.2, 0) is 0 Å². The molecule has 0 amide bonds. The third kappa shape index (κ3) is 3.94. The van der Waals surface area contributed by atoms with Crippen molar-refractivity contribution in [1.29, 1.82) is 0 Å². The van der Waals surface area contributed by atoms with Gasteiger partial charge in [0.15, 0.2) is 23.1 Å². The lowest BCUT2D eigenvalue weighted by Gasteiger charge is -2.08. The largest absolute Gasteiger partial charge is 0.436 e. The van der Waals surface area contributed by atoms with Crippen molar-refractivity contribution in [2.24, 2.45) is 0 Å². The van der Waals surface area contributed by atoms with Gasteiger partial charge in [0.2, 0.25) is 5.89 Å². The molecule has 0 unspecified atom stereocenters. The predicted molar refractivity (Wildman–Crippen MR) is 162 cm³/mol. The summed E-state index contributed by atoms with van der Waals surface area (Å²) in [6.07, 6.45) is 0. The van der Waals surface area contributed by atoms with Crippen LogP contribution < -0.4 is 0 Å². The Morgan fingerprint density at radius 1 is 0.450 bits per heavy atom. The molecule has 3 heterocycles. The van der Waals surface area contributed by atoms with Crippen LogP contribution in [0.2, 0.25) is 0 Å². The quantitative estimate of drug-likeness (QED) is 0.226. The Hall–Kier alpha value is -5.20. The second-order valence-electron chi connectivity index (χ2n) is 9.55. The van der Waals surface area contributed by atoms with Crippen LogP contribution in [0.25, 0.3) is 76.9 Å². The Labute approximate surface area is 233 Å². The second-order valence-corrected chi connectivity index (χ2v) is 10.6. The molecule has 0 radical (unpaired) electrons. The Balaban J connectivity index is 1.28. The third-order valence-corrected chi connectivity index (χ3v) is 8.10. The zero-order valence-electron chi connectivity index (χ0n) is 21.2. The SMILES string of the molecule is c1ccc(-c2nc(-c3ccc4oc(-c5ccccc5)nc4c3)nc(-c3ccc4c(c3)sc3ccccc34)n2)cc1. The second kappa shape index (κ2) is 9.22. The maximum absolute atomic E-state index is 6.03. The Morgan fingerprint density at radius 2 is 1.05 bits per heavy atom. The molecule has 40 heavy (non-hydrogen) atoms. The summed E-state index contributed by atoms with van der Waals surface area (Å²) in [7, 11) is 0. The molecule has 0 N–H and O–H groups in total. The van der Waals surface area contributed by atoms with Gasteiger partial charge in [0.25, 0.3) is 0 Å². The summed E-state index contributed by atoms with van der Waals surface area (Å²) in [5.41, 5.74) is 5.15. The Bertz CT molecular complexity index is 2170. The third-order valence-electron chi connectivity index (χ3n) is 6.97. The molecule has 0 aliphatic rings. The highest BCUT2D eigenvalue weighted by Crippen LogP contribution is 2.36. The molecule has 188 valence electrons. The van der Waals surface area contributed by atoms with Crippen LogP contribution in [0.4, 0.5) is 0 Å². The van der Waals surface area contributed by atoms with Gasteiger partial charge in [-0.25, -0.2) is 19.9 Å². The van der Waals surface area contributed by atoms with Crippen molar-refractivity contribution in [3.05, 3.63) is 121 Å². The summed E-state index contributed by atoms with van der Waals surface area (Å²) >= 11 is 1.78. The molecule has 5 nitrogen and oxygen atoms in total. The van der Waals surface area contributed by atoms with Gasteiger partial charge in [0.1, 0.15) is 5.52 Å². The fraction of sp³-hybridized carbons (Fsp3) is 0. The molecule has 8 aromatic rings. The summed E-state index contributed by atoms with van der Waals surface area (Å²) in [6, 6.07) is 40.8. The van der Waals surface area contributed by atoms with E-state index < -0.39 is 0 Å². The zero-order valence-corrected chi connectivity index (χ0v) is 22.0. The average Bonchev–Trinajstić information content (AvgIpc) is 3.62. The van der Waals surface area contributed by atoms with Gasteiger partial charge in [-0.2, -0.15) is 0 Å². The molecular formula is C34H20N4OS. The first-order valence-electron chi connectivity index (χ1n) is 13.0. The number of oxazole rings is 1. The molecule has 0 atom stereocenters. The highest BCUT2D eigenvalue weighted by molar-refractivity contribution is 7.25. The minimum absolute atomic E-state index is 0.589. The van der Waals surface area contributed by atoms with Crippen molar-refractivity contribution in [3.63, 3.8) is 0 Å². The summed E-state index contributed by atoms with van der Waals surface area (Å²) in [5.74, 6) is 2.44. The number of hydrogen-bond acceptors (Lipinski definition) is 6. The van der Waals surface area contributed by atoms with E-state index >= 15 is 0 Å². The van der Waals surface area contributed by atoms with Crippen LogP contribution in [0.3, 0.4) is 0 Å². The highest BCUT2D eigenvalue weighted by Gasteiger charge is 2.16. The zero-order chi connectivity index (χ0) is 26.5. The van der Waals surface area contributed by atoms with E-state index in [4.69, 9.17) is 24.4 Å². The Morgan fingerprint density at radius 3 is 1.82 bits per heavy atom. The van der Waals surface area contributed by atoms with Gasteiger partial charge in [-0.3, -0.25) is 0 Å². The molecule has 8 rings (SSSR count). The van der Waals surface area contributed by atoms with Crippen LogP contribution in [0.15, 0.2) is 126 Å². The lowest BCUT2D eigenvalue weighted by Crippen LogP contribution is -2.00. The summed E-state index contributed by atoms with van der Waals surface area (Å²) in [5, 5.41) is 2.51. The summed E-state index contributed by atoms with van der Waals surface area (Å²) in [4.78, 5) is 19.5. The highest BCUT2D eigenvalue weighted by atomic mass is 32.1. The first-order chi connectivity index (χ1) is 19.8. The maximum Gasteiger partial charge on any atom is 0.227 e. The van der Waals surface area contributed by atoms with Crippen LogP contribution in [0.1, 0.15) is 0 Å². The van der Waals surface area contributed by atoms with Gasteiger partial charge in [0, 0.05) is 42.4 Å². The lowest BCUT2D eigenvalue weighted by atomic mass is 10.1. The summed E-state index contributed by atoms with van der Waals surface area (Å²) in [6.45, 7) is 0. The average molecular weight is 533 g/mol. The predicted octanol–water partition coefficient (Wildman–Crippen LogP) is 9.05. The smallest absolute Gasteiger partial charge is 0.227 e. The molecule has 0 spiro atoms. The first kappa shape index (κ1) is 22.8. The van der Waals surface area contributed by atoms with Gasteiger partial charge >= 0.3 is 0 Å². The van der Waals surface area contributed by atoms with Crippen molar-refractivity contribution < 1.29 is 4.42 Å². The van der Waals surface area contributed by atoms with E-state index in [0.29, 0.717) is 23.4 Å². The van der Waals surface area contributed by atoms with Gasteiger partial charge in [-0.1, -0.05) is 78.9 Å². The number of thiophene rings is 1.